The zero-order chi connectivity index (χ0) is 10.1. The van der Waals surface area contributed by atoms with Gasteiger partial charge in [-0.1, -0.05) is 6.07 Å². The minimum absolute atomic E-state index is 0.0367. The van der Waals surface area contributed by atoms with Crippen molar-refractivity contribution in [3.8, 4) is 0 Å². The van der Waals surface area contributed by atoms with E-state index in [0.29, 0.717) is 5.69 Å². The minimum atomic E-state index is 0.0367. The van der Waals surface area contributed by atoms with E-state index in [1.165, 1.54) is 11.1 Å². The molecule has 14 heavy (non-hydrogen) atoms. The highest BCUT2D eigenvalue weighted by Gasteiger charge is 2.14. The Morgan fingerprint density at radius 3 is 2.93 bits per heavy atom. The molecule has 0 saturated carbocycles. The highest BCUT2D eigenvalue weighted by molar-refractivity contribution is 5.52. The summed E-state index contributed by atoms with van der Waals surface area (Å²) in [4.78, 5) is 2.28. The van der Waals surface area contributed by atoms with Crippen molar-refractivity contribution in [1.82, 2.24) is 4.90 Å². The maximum atomic E-state index is 9.08. The second kappa shape index (κ2) is 3.59. The van der Waals surface area contributed by atoms with E-state index in [0.717, 1.165) is 25.1 Å². The van der Waals surface area contributed by atoms with Gasteiger partial charge in [-0.25, -0.2) is 0 Å². The van der Waals surface area contributed by atoms with Crippen LogP contribution in [0, 0.1) is 0 Å². The van der Waals surface area contributed by atoms with Gasteiger partial charge in [0, 0.05) is 24.3 Å². The van der Waals surface area contributed by atoms with Crippen molar-refractivity contribution in [2.24, 2.45) is 0 Å². The predicted molar refractivity (Wildman–Crippen MR) is 56.8 cm³/mol. The summed E-state index contributed by atoms with van der Waals surface area (Å²) in [5.41, 5.74) is 10.0. The lowest BCUT2D eigenvalue weighted by molar-refractivity contribution is 0.281. The number of fused-ring (bicyclic) bond motifs is 1. The van der Waals surface area contributed by atoms with E-state index >= 15 is 0 Å². The van der Waals surface area contributed by atoms with Gasteiger partial charge in [-0.15, -0.1) is 0 Å². The van der Waals surface area contributed by atoms with E-state index in [4.69, 9.17) is 10.8 Å². The van der Waals surface area contributed by atoms with Crippen LogP contribution in [0.15, 0.2) is 12.1 Å². The first-order chi connectivity index (χ1) is 6.70. The number of benzene rings is 1. The molecule has 0 unspecified atom stereocenters. The summed E-state index contributed by atoms with van der Waals surface area (Å²) in [6.07, 6.45) is 1.05. The molecule has 1 aromatic carbocycles. The van der Waals surface area contributed by atoms with Gasteiger partial charge in [-0.2, -0.15) is 0 Å². The van der Waals surface area contributed by atoms with Crippen molar-refractivity contribution in [2.75, 3.05) is 19.3 Å². The van der Waals surface area contributed by atoms with Gasteiger partial charge in [0.15, 0.2) is 0 Å². The molecule has 0 atom stereocenters. The Balaban J connectivity index is 2.40. The molecule has 3 nitrogen and oxygen atoms in total. The number of nitrogens with two attached hydrogens (primary N) is 1. The number of anilines is 1. The van der Waals surface area contributed by atoms with Crippen LogP contribution in [0.3, 0.4) is 0 Å². The predicted octanol–water partition coefficient (Wildman–Crippen LogP) is 0.749. The molecule has 2 rings (SSSR count). The van der Waals surface area contributed by atoms with Gasteiger partial charge < -0.3 is 15.7 Å². The van der Waals surface area contributed by atoms with Crippen LogP contribution in [0.1, 0.15) is 16.7 Å². The lowest BCUT2D eigenvalue weighted by Crippen LogP contribution is -2.26. The van der Waals surface area contributed by atoms with Gasteiger partial charge in [0.25, 0.3) is 0 Å². The van der Waals surface area contributed by atoms with Crippen molar-refractivity contribution < 1.29 is 5.11 Å². The third kappa shape index (κ3) is 1.61. The van der Waals surface area contributed by atoms with Gasteiger partial charge in [-0.3, -0.25) is 0 Å². The first-order valence-corrected chi connectivity index (χ1v) is 4.90. The Bertz CT molecular complexity index is 349. The molecule has 0 aromatic heterocycles. The largest absolute Gasteiger partial charge is 0.398 e. The SMILES string of the molecule is CN1CCc2cc(CO)c(N)cc2C1. The van der Waals surface area contributed by atoms with E-state index < -0.39 is 0 Å². The van der Waals surface area contributed by atoms with E-state index in [1.54, 1.807) is 0 Å². The minimum Gasteiger partial charge on any atom is -0.398 e. The number of hydrogen-bond acceptors (Lipinski definition) is 3. The third-order valence-electron chi connectivity index (χ3n) is 2.83. The van der Waals surface area contributed by atoms with Crippen LogP contribution in [-0.4, -0.2) is 23.6 Å². The van der Waals surface area contributed by atoms with E-state index in [-0.39, 0.29) is 6.61 Å². The molecular weight excluding hydrogens is 176 g/mol. The fourth-order valence-corrected chi connectivity index (χ4v) is 1.96. The van der Waals surface area contributed by atoms with Gasteiger partial charge >= 0.3 is 0 Å². The molecule has 1 aliphatic rings. The average Bonchev–Trinajstić information content (AvgIpc) is 2.16. The maximum absolute atomic E-state index is 9.08. The molecule has 0 amide bonds. The maximum Gasteiger partial charge on any atom is 0.0702 e. The van der Waals surface area contributed by atoms with Crippen molar-refractivity contribution in [3.05, 3.63) is 28.8 Å². The molecule has 0 bridgehead atoms. The van der Waals surface area contributed by atoms with Gasteiger partial charge in [0.1, 0.15) is 0 Å². The monoisotopic (exact) mass is 192 g/mol. The lowest BCUT2D eigenvalue weighted by Gasteiger charge is -2.25. The molecule has 0 fully saturated rings. The number of aliphatic hydroxyl groups excluding tert-OH is 1. The molecular formula is C11H16N2O. The van der Waals surface area contributed by atoms with Crippen LogP contribution in [0.2, 0.25) is 0 Å². The molecule has 0 aliphatic carbocycles. The molecule has 1 heterocycles. The second-order valence-electron chi connectivity index (χ2n) is 3.97. The summed E-state index contributed by atoms with van der Waals surface area (Å²) < 4.78 is 0. The van der Waals surface area contributed by atoms with E-state index in [1.807, 2.05) is 12.1 Å². The normalized spacial score (nSPS) is 16.7. The summed E-state index contributed by atoms with van der Waals surface area (Å²) in [7, 11) is 2.11. The standard InChI is InChI=1S/C11H16N2O/c1-13-3-2-8-4-10(7-14)11(12)5-9(8)6-13/h4-5,14H,2-3,6-7,12H2,1H3. The number of aliphatic hydroxyl groups is 1. The summed E-state index contributed by atoms with van der Waals surface area (Å²) in [5.74, 6) is 0. The lowest BCUT2D eigenvalue weighted by atomic mass is 9.96. The fraction of sp³-hybridized carbons (Fsp3) is 0.455. The van der Waals surface area contributed by atoms with Crippen LogP contribution in [0.4, 0.5) is 5.69 Å². The second-order valence-corrected chi connectivity index (χ2v) is 3.97. The Morgan fingerprint density at radius 1 is 1.43 bits per heavy atom. The van der Waals surface area contributed by atoms with Crippen molar-refractivity contribution in [3.63, 3.8) is 0 Å². The molecule has 3 heteroatoms. The highest BCUT2D eigenvalue weighted by Crippen LogP contribution is 2.24. The molecule has 1 aliphatic heterocycles. The Hall–Kier alpha value is -1.06. The Kier molecular flexibility index (Phi) is 2.44. The zero-order valence-electron chi connectivity index (χ0n) is 8.45. The smallest absolute Gasteiger partial charge is 0.0702 e. The van der Waals surface area contributed by atoms with Crippen LogP contribution in [0.25, 0.3) is 0 Å². The molecule has 1 aromatic rings. The number of rotatable bonds is 1. The van der Waals surface area contributed by atoms with Gasteiger partial charge in [0.05, 0.1) is 6.61 Å². The van der Waals surface area contributed by atoms with Gasteiger partial charge in [-0.05, 0) is 30.7 Å². The summed E-state index contributed by atoms with van der Waals surface area (Å²) in [5, 5.41) is 9.08. The van der Waals surface area contributed by atoms with Crippen LogP contribution in [-0.2, 0) is 19.6 Å². The van der Waals surface area contributed by atoms with Crippen molar-refractivity contribution in [1.29, 1.82) is 0 Å². The number of likely N-dealkylation sites (N-methyl/N-ethyl adjacent to an activating group) is 1. The third-order valence-corrected chi connectivity index (χ3v) is 2.83. The quantitative estimate of drug-likeness (QED) is 0.645. The Morgan fingerprint density at radius 2 is 2.21 bits per heavy atom. The van der Waals surface area contributed by atoms with Gasteiger partial charge in [0.2, 0.25) is 0 Å². The van der Waals surface area contributed by atoms with Crippen LogP contribution < -0.4 is 5.73 Å². The van der Waals surface area contributed by atoms with Crippen molar-refractivity contribution in [2.45, 2.75) is 19.6 Å². The first kappa shape index (κ1) is 9.49. The Labute approximate surface area is 84.1 Å². The van der Waals surface area contributed by atoms with Crippen LogP contribution >= 0.6 is 0 Å². The molecule has 0 radical (unpaired) electrons. The first-order valence-electron chi connectivity index (χ1n) is 4.90. The molecule has 0 saturated heterocycles. The zero-order valence-corrected chi connectivity index (χ0v) is 8.45. The summed E-state index contributed by atoms with van der Waals surface area (Å²) >= 11 is 0. The van der Waals surface area contributed by atoms with Crippen molar-refractivity contribution >= 4 is 5.69 Å². The molecule has 3 N–H and O–H groups in total. The fourth-order valence-electron chi connectivity index (χ4n) is 1.96. The average molecular weight is 192 g/mol. The van der Waals surface area contributed by atoms with E-state index in [9.17, 15) is 0 Å². The summed E-state index contributed by atoms with van der Waals surface area (Å²) in [6.45, 7) is 2.09. The number of nitrogen functional groups attached to an aromatic ring is 1. The molecule has 76 valence electrons. The summed E-state index contributed by atoms with van der Waals surface area (Å²) in [6, 6.07) is 4.04. The van der Waals surface area contributed by atoms with E-state index in [2.05, 4.69) is 11.9 Å². The number of nitrogens with zero attached hydrogens (tertiary/aromatic N) is 1. The highest BCUT2D eigenvalue weighted by atomic mass is 16.3. The topological polar surface area (TPSA) is 49.5 Å². The molecule has 0 spiro atoms. The number of hydrogen-bond donors (Lipinski definition) is 2. The van der Waals surface area contributed by atoms with Crippen LogP contribution in [0.5, 0.6) is 0 Å².